The number of rotatable bonds is 12. The van der Waals surface area contributed by atoms with E-state index < -0.39 is 15.6 Å². The Labute approximate surface area is 140 Å². The van der Waals surface area contributed by atoms with Crippen LogP contribution in [0.25, 0.3) is 0 Å². The van der Waals surface area contributed by atoms with Gasteiger partial charge in [0.1, 0.15) is 0 Å². The van der Waals surface area contributed by atoms with Gasteiger partial charge >= 0.3 is 0 Å². The predicted octanol–water partition coefficient (Wildman–Crippen LogP) is -0.0776. The molecule has 138 valence electrons. The molecule has 23 heavy (non-hydrogen) atoms. The van der Waals surface area contributed by atoms with Gasteiger partial charge in [-0.05, 0) is 27.2 Å². The van der Waals surface area contributed by atoms with E-state index in [-0.39, 0.29) is 0 Å². The molecule has 0 atom stereocenters. The monoisotopic (exact) mass is 352 g/mol. The molecule has 0 unspecified atom stereocenters. The quantitative estimate of drug-likeness (QED) is 0.258. The van der Waals surface area contributed by atoms with Crippen molar-refractivity contribution in [1.29, 1.82) is 0 Å². The van der Waals surface area contributed by atoms with Gasteiger partial charge in [-0.25, -0.2) is 13.1 Å². The number of hydrogen-bond donors (Lipinski definition) is 3. The molecule has 0 aliphatic heterocycles. The Morgan fingerprint density at radius 1 is 1.17 bits per heavy atom. The fourth-order valence-electron chi connectivity index (χ4n) is 1.78. The van der Waals surface area contributed by atoms with E-state index in [4.69, 9.17) is 9.47 Å². The standard InChI is InChI=1S/C14H32N4O4S/c1-6-15-13(16-8-7-9-22-11-10-21-4)17-12-14(2,3)18-23(5,19)20/h18H,6-12H2,1-5H3,(H2,15,16,17). The van der Waals surface area contributed by atoms with Crippen LogP contribution in [0.3, 0.4) is 0 Å². The van der Waals surface area contributed by atoms with Crippen molar-refractivity contribution < 1.29 is 17.9 Å². The van der Waals surface area contributed by atoms with Gasteiger partial charge in [0.2, 0.25) is 10.0 Å². The molecule has 0 spiro atoms. The van der Waals surface area contributed by atoms with Crippen molar-refractivity contribution in [2.75, 3.05) is 52.8 Å². The highest BCUT2D eigenvalue weighted by atomic mass is 32.2. The molecule has 8 nitrogen and oxygen atoms in total. The first-order valence-corrected chi connectivity index (χ1v) is 9.67. The summed E-state index contributed by atoms with van der Waals surface area (Å²) in [7, 11) is -1.62. The van der Waals surface area contributed by atoms with Crippen LogP contribution in [0.1, 0.15) is 27.2 Å². The maximum absolute atomic E-state index is 11.3. The van der Waals surface area contributed by atoms with Gasteiger partial charge in [-0.1, -0.05) is 0 Å². The highest BCUT2D eigenvalue weighted by Gasteiger charge is 2.21. The average molecular weight is 353 g/mol. The van der Waals surface area contributed by atoms with Crippen LogP contribution in [0.5, 0.6) is 0 Å². The van der Waals surface area contributed by atoms with Crippen molar-refractivity contribution >= 4 is 16.0 Å². The van der Waals surface area contributed by atoms with E-state index in [2.05, 4.69) is 20.3 Å². The minimum Gasteiger partial charge on any atom is -0.382 e. The van der Waals surface area contributed by atoms with Gasteiger partial charge in [-0.3, -0.25) is 4.99 Å². The summed E-state index contributed by atoms with van der Waals surface area (Å²) in [5, 5.41) is 6.33. The van der Waals surface area contributed by atoms with Gasteiger partial charge in [0.25, 0.3) is 0 Å². The predicted molar refractivity (Wildman–Crippen MR) is 93.4 cm³/mol. The van der Waals surface area contributed by atoms with Crippen molar-refractivity contribution in [2.45, 2.75) is 32.7 Å². The molecule has 0 saturated heterocycles. The maximum atomic E-state index is 11.3. The minimum atomic E-state index is -3.26. The summed E-state index contributed by atoms with van der Waals surface area (Å²) in [6.45, 7) is 9.20. The van der Waals surface area contributed by atoms with Crippen molar-refractivity contribution in [3.8, 4) is 0 Å². The fraction of sp³-hybridized carbons (Fsp3) is 0.929. The van der Waals surface area contributed by atoms with Crippen LogP contribution >= 0.6 is 0 Å². The van der Waals surface area contributed by atoms with Crippen LogP contribution in [0.2, 0.25) is 0 Å². The topological polar surface area (TPSA) is 101 Å². The second-order valence-corrected chi connectivity index (χ2v) is 7.59. The molecular weight excluding hydrogens is 320 g/mol. The van der Waals surface area contributed by atoms with Crippen LogP contribution in [-0.2, 0) is 19.5 Å². The maximum Gasteiger partial charge on any atom is 0.209 e. The number of nitrogens with one attached hydrogen (secondary N) is 3. The summed E-state index contributed by atoms with van der Waals surface area (Å²) < 4.78 is 35.5. The molecule has 0 aromatic rings. The van der Waals surface area contributed by atoms with Gasteiger partial charge in [0, 0.05) is 32.3 Å². The van der Waals surface area contributed by atoms with Gasteiger partial charge in [-0.2, -0.15) is 0 Å². The van der Waals surface area contributed by atoms with Gasteiger partial charge < -0.3 is 20.1 Å². The molecule has 0 amide bonds. The lowest BCUT2D eigenvalue weighted by molar-refractivity contribution is 0.0698. The smallest absolute Gasteiger partial charge is 0.209 e. The van der Waals surface area contributed by atoms with E-state index in [1.54, 1.807) is 21.0 Å². The molecule has 0 aromatic carbocycles. The third kappa shape index (κ3) is 14.4. The molecule has 0 aliphatic rings. The van der Waals surface area contributed by atoms with Crippen molar-refractivity contribution in [3.05, 3.63) is 0 Å². The Hall–Kier alpha value is -0.900. The lowest BCUT2D eigenvalue weighted by Gasteiger charge is -2.23. The average Bonchev–Trinajstić information content (AvgIpc) is 2.41. The molecule has 0 rings (SSSR count). The molecule has 0 heterocycles. The van der Waals surface area contributed by atoms with E-state index in [1.165, 1.54) is 0 Å². The zero-order valence-electron chi connectivity index (χ0n) is 14.9. The van der Waals surface area contributed by atoms with E-state index in [0.29, 0.717) is 32.3 Å². The normalized spacial score (nSPS) is 13.2. The summed E-state index contributed by atoms with van der Waals surface area (Å²) in [5.74, 6) is 0.660. The largest absolute Gasteiger partial charge is 0.382 e. The van der Waals surface area contributed by atoms with Crippen molar-refractivity contribution in [3.63, 3.8) is 0 Å². The summed E-state index contributed by atoms with van der Waals surface area (Å²) >= 11 is 0. The zero-order chi connectivity index (χ0) is 17.8. The van der Waals surface area contributed by atoms with Crippen LogP contribution in [0.15, 0.2) is 4.99 Å². The fourth-order valence-corrected chi connectivity index (χ4v) is 2.85. The van der Waals surface area contributed by atoms with Crippen molar-refractivity contribution in [1.82, 2.24) is 15.4 Å². The molecule has 0 saturated carbocycles. The first kappa shape index (κ1) is 22.1. The van der Waals surface area contributed by atoms with Gasteiger partial charge in [-0.15, -0.1) is 0 Å². The Kier molecular flexibility index (Phi) is 11.2. The summed E-state index contributed by atoms with van der Waals surface area (Å²) in [4.78, 5) is 4.42. The van der Waals surface area contributed by atoms with Crippen LogP contribution < -0.4 is 15.4 Å². The second kappa shape index (κ2) is 11.6. The highest BCUT2D eigenvalue weighted by Crippen LogP contribution is 2.04. The molecule has 0 aliphatic carbocycles. The van der Waals surface area contributed by atoms with Crippen LogP contribution in [0, 0.1) is 0 Å². The molecule has 0 radical (unpaired) electrons. The summed E-state index contributed by atoms with van der Waals surface area (Å²) in [5.41, 5.74) is -0.640. The molecule has 0 aromatic heterocycles. The summed E-state index contributed by atoms with van der Waals surface area (Å²) in [6.07, 6.45) is 1.99. The molecule has 0 bridgehead atoms. The Bertz CT molecular complexity index is 438. The summed E-state index contributed by atoms with van der Waals surface area (Å²) in [6, 6.07) is 0. The van der Waals surface area contributed by atoms with Crippen LogP contribution in [0.4, 0.5) is 0 Å². The van der Waals surface area contributed by atoms with E-state index in [9.17, 15) is 8.42 Å². The Balaban J connectivity index is 4.22. The van der Waals surface area contributed by atoms with Gasteiger partial charge in [0.15, 0.2) is 5.96 Å². The van der Waals surface area contributed by atoms with Crippen LogP contribution in [-0.4, -0.2) is 72.7 Å². The molecule has 0 fully saturated rings. The minimum absolute atomic E-state index is 0.333. The number of ether oxygens (including phenoxy) is 2. The SMILES string of the molecule is CCNC(=NCC(C)(C)NS(C)(=O)=O)NCCCOCCOC. The Morgan fingerprint density at radius 2 is 1.87 bits per heavy atom. The second-order valence-electron chi connectivity index (χ2n) is 5.84. The van der Waals surface area contributed by atoms with E-state index in [1.807, 2.05) is 6.92 Å². The van der Waals surface area contributed by atoms with E-state index in [0.717, 1.165) is 25.8 Å². The third-order valence-corrected chi connectivity index (χ3v) is 3.55. The van der Waals surface area contributed by atoms with Gasteiger partial charge in [0.05, 0.1) is 26.0 Å². The lowest BCUT2D eigenvalue weighted by Crippen LogP contribution is -2.46. The lowest BCUT2D eigenvalue weighted by atomic mass is 10.1. The number of nitrogens with zero attached hydrogens (tertiary/aromatic N) is 1. The first-order chi connectivity index (χ1) is 10.7. The highest BCUT2D eigenvalue weighted by molar-refractivity contribution is 7.88. The third-order valence-electron chi connectivity index (χ3n) is 2.63. The number of aliphatic imine (C=N–C) groups is 1. The number of guanidine groups is 1. The Morgan fingerprint density at radius 3 is 2.43 bits per heavy atom. The van der Waals surface area contributed by atoms with Crippen molar-refractivity contribution in [2.24, 2.45) is 4.99 Å². The zero-order valence-corrected chi connectivity index (χ0v) is 15.8. The first-order valence-electron chi connectivity index (χ1n) is 7.78. The molecular formula is C14H32N4O4S. The number of methoxy groups -OCH3 is 1. The number of sulfonamides is 1. The number of hydrogen-bond acceptors (Lipinski definition) is 5. The van der Waals surface area contributed by atoms with E-state index >= 15 is 0 Å². The molecule has 3 N–H and O–H groups in total. The molecule has 9 heteroatoms.